The molecule has 0 amide bonds. The van der Waals surface area contributed by atoms with E-state index in [4.69, 9.17) is 16.3 Å². The molecule has 0 aliphatic heterocycles. The Bertz CT molecular complexity index is 827. The molecule has 4 heteroatoms. The van der Waals surface area contributed by atoms with Gasteiger partial charge < -0.3 is 9.84 Å². The summed E-state index contributed by atoms with van der Waals surface area (Å²) in [7, 11) is 0. The molecule has 0 saturated heterocycles. The quantitative estimate of drug-likeness (QED) is 0.741. The van der Waals surface area contributed by atoms with Gasteiger partial charge in [-0.1, -0.05) is 48.0 Å². The van der Waals surface area contributed by atoms with Crippen molar-refractivity contribution < 1.29 is 14.6 Å². The molecule has 104 valence electrons. The Kier molecular flexibility index (Phi) is 3.50. The maximum Gasteiger partial charge on any atom is 0.341 e. The van der Waals surface area contributed by atoms with E-state index in [9.17, 15) is 9.90 Å². The Balaban J connectivity index is 2.02. The van der Waals surface area contributed by atoms with E-state index in [2.05, 4.69) is 0 Å². The van der Waals surface area contributed by atoms with E-state index >= 15 is 0 Å². The lowest BCUT2D eigenvalue weighted by Crippen LogP contribution is -2.01. The number of fused-ring (bicyclic) bond motifs is 1. The van der Waals surface area contributed by atoms with Crippen LogP contribution in [0.4, 0.5) is 0 Å². The number of benzene rings is 3. The second-order valence-corrected chi connectivity index (χ2v) is 4.94. The summed E-state index contributed by atoms with van der Waals surface area (Å²) in [6, 6.07) is 18.2. The number of halogens is 1. The molecule has 0 spiro atoms. The number of carbonyl (C=O) groups is 1. The number of carboxylic acid groups (broad SMARTS) is 1. The van der Waals surface area contributed by atoms with Gasteiger partial charge >= 0.3 is 5.97 Å². The molecule has 0 saturated carbocycles. The van der Waals surface area contributed by atoms with E-state index in [0.717, 1.165) is 10.8 Å². The summed E-state index contributed by atoms with van der Waals surface area (Å²) in [4.78, 5) is 11.3. The number of hydrogen-bond acceptors (Lipinski definition) is 2. The molecule has 3 rings (SSSR count). The number of hydrogen-bond donors (Lipinski definition) is 1. The van der Waals surface area contributed by atoms with Crippen LogP contribution < -0.4 is 4.74 Å². The monoisotopic (exact) mass is 298 g/mol. The minimum absolute atomic E-state index is 0.0349. The van der Waals surface area contributed by atoms with Crippen molar-refractivity contribution in [2.45, 2.75) is 0 Å². The Morgan fingerprint density at radius 1 is 0.952 bits per heavy atom. The molecule has 0 aromatic heterocycles. The molecule has 3 aromatic rings. The van der Waals surface area contributed by atoms with Crippen LogP contribution in [0.15, 0.2) is 60.7 Å². The van der Waals surface area contributed by atoms with Crippen molar-refractivity contribution >= 4 is 28.3 Å². The van der Waals surface area contributed by atoms with Crippen molar-refractivity contribution in [3.8, 4) is 11.5 Å². The number of aromatic carboxylic acids is 1. The lowest BCUT2D eigenvalue weighted by atomic mass is 10.1. The molecule has 0 unspecified atom stereocenters. The van der Waals surface area contributed by atoms with Crippen LogP contribution in [0.2, 0.25) is 5.02 Å². The molecule has 0 radical (unpaired) electrons. The summed E-state index contributed by atoms with van der Waals surface area (Å²) in [5, 5.41) is 11.5. The average Bonchev–Trinajstić information content (AvgIpc) is 2.47. The molecule has 3 nitrogen and oxygen atoms in total. The Morgan fingerprint density at radius 3 is 2.48 bits per heavy atom. The van der Waals surface area contributed by atoms with Gasteiger partial charge in [-0.3, -0.25) is 0 Å². The number of carboxylic acids is 1. The standard InChI is InChI=1S/C17H11ClO3/c18-14-6-3-7-15(16(14)17(19)20)21-13-9-8-11-4-1-2-5-12(11)10-13/h1-10H,(H,19,20). The van der Waals surface area contributed by atoms with Gasteiger partial charge in [0.2, 0.25) is 0 Å². The number of rotatable bonds is 3. The van der Waals surface area contributed by atoms with Crippen molar-refractivity contribution in [3.63, 3.8) is 0 Å². The SMILES string of the molecule is O=C(O)c1c(Cl)cccc1Oc1ccc2ccccc2c1. The lowest BCUT2D eigenvalue weighted by Gasteiger charge is -2.10. The highest BCUT2D eigenvalue weighted by Crippen LogP contribution is 2.31. The van der Waals surface area contributed by atoms with E-state index in [1.165, 1.54) is 6.07 Å². The first-order chi connectivity index (χ1) is 10.1. The Hall–Kier alpha value is -2.52. The molecule has 0 heterocycles. The minimum Gasteiger partial charge on any atom is -0.478 e. The zero-order valence-electron chi connectivity index (χ0n) is 10.9. The van der Waals surface area contributed by atoms with Crippen molar-refractivity contribution in [1.29, 1.82) is 0 Å². The van der Waals surface area contributed by atoms with Gasteiger partial charge in [-0.15, -0.1) is 0 Å². The van der Waals surface area contributed by atoms with E-state index in [-0.39, 0.29) is 16.3 Å². The summed E-state index contributed by atoms with van der Waals surface area (Å²) >= 11 is 5.92. The third-order valence-corrected chi connectivity index (χ3v) is 3.45. The van der Waals surface area contributed by atoms with Crippen molar-refractivity contribution in [1.82, 2.24) is 0 Å². The predicted molar refractivity (Wildman–Crippen MR) is 82.4 cm³/mol. The fraction of sp³-hybridized carbons (Fsp3) is 0. The first-order valence-electron chi connectivity index (χ1n) is 6.33. The van der Waals surface area contributed by atoms with Gasteiger partial charge in [-0.2, -0.15) is 0 Å². The van der Waals surface area contributed by atoms with Gasteiger partial charge in [-0.05, 0) is 35.0 Å². The highest BCUT2D eigenvalue weighted by atomic mass is 35.5. The van der Waals surface area contributed by atoms with Crippen LogP contribution in [-0.2, 0) is 0 Å². The summed E-state index contributed by atoms with van der Waals surface area (Å²) in [6.45, 7) is 0. The molecular weight excluding hydrogens is 288 g/mol. The van der Waals surface area contributed by atoms with Crippen LogP contribution in [0.25, 0.3) is 10.8 Å². The Labute approximate surface area is 126 Å². The van der Waals surface area contributed by atoms with E-state index in [1.54, 1.807) is 18.2 Å². The first-order valence-corrected chi connectivity index (χ1v) is 6.71. The predicted octanol–water partition coefficient (Wildman–Crippen LogP) is 4.98. The molecule has 3 aromatic carbocycles. The molecule has 1 N–H and O–H groups in total. The van der Waals surface area contributed by atoms with Gasteiger partial charge in [0.15, 0.2) is 0 Å². The zero-order valence-corrected chi connectivity index (χ0v) is 11.7. The summed E-state index contributed by atoms with van der Waals surface area (Å²) in [5.74, 6) is -0.319. The smallest absolute Gasteiger partial charge is 0.341 e. The van der Waals surface area contributed by atoms with Gasteiger partial charge in [0.05, 0.1) is 5.02 Å². The van der Waals surface area contributed by atoms with Crippen LogP contribution in [0.5, 0.6) is 11.5 Å². The molecule has 0 bridgehead atoms. The van der Waals surface area contributed by atoms with E-state index in [1.807, 2.05) is 36.4 Å². The van der Waals surface area contributed by atoms with Gasteiger partial charge in [-0.25, -0.2) is 4.79 Å². The largest absolute Gasteiger partial charge is 0.478 e. The van der Waals surface area contributed by atoms with Gasteiger partial charge in [0.25, 0.3) is 0 Å². The van der Waals surface area contributed by atoms with E-state index < -0.39 is 5.97 Å². The summed E-state index contributed by atoms with van der Waals surface area (Å²) in [5.41, 5.74) is -0.0349. The van der Waals surface area contributed by atoms with E-state index in [0.29, 0.717) is 5.75 Å². The summed E-state index contributed by atoms with van der Waals surface area (Å²) in [6.07, 6.45) is 0. The molecule has 0 atom stereocenters. The van der Waals surface area contributed by atoms with Gasteiger partial charge in [0, 0.05) is 0 Å². The molecule has 0 aliphatic rings. The van der Waals surface area contributed by atoms with Crippen LogP contribution in [-0.4, -0.2) is 11.1 Å². The molecule has 21 heavy (non-hydrogen) atoms. The second-order valence-electron chi connectivity index (χ2n) is 4.53. The number of ether oxygens (including phenoxy) is 1. The lowest BCUT2D eigenvalue weighted by molar-refractivity contribution is 0.0694. The second kappa shape index (κ2) is 5.46. The average molecular weight is 299 g/mol. The maximum absolute atomic E-state index is 11.3. The van der Waals surface area contributed by atoms with Crippen molar-refractivity contribution in [2.24, 2.45) is 0 Å². The third kappa shape index (κ3) is 2.69. The normalized spacial score (nSPS) is 10.5. The fourth-order valence-corrected chi connectivity index (χ4v) is 2.40. The molecule has 0 fully saturated rings. The first kappa shape index (κ1) is 13.5. The highest BCUT2D eigenvalue weighted by Gasteiger charge is 2.16. The van der Waals surface area contributed by atoms with Crippen molar-refractivity contribution in [2.75, 3.05) is 0 Å². The van der Waals surface area contributed by atoms with Crippen LogP contribution in [0.1, 0.15) is 10.4 Å². The molecular formula is C17H11ClO3. The van der Waals surface area contributed by atoms with Gasteiger partial charge in [0.1, 0.15) is 17.1 Å². The van der Waals surface area contributed by atoms with Crippen LogP contribution in [0.3, 0.4) is 0 Å². The summed E-state index contributed by atoms with van der Waals surface area (Å²) < 4.78 is 5.69. The van der Waals surface area contributed by atoms with Crippen molar-refractivity contribution in [3.05, 3.63) is 71.2 Å². The highest BCUT2D eigenvalue weighted by molar-refractivity contribution is 6.33. The van der Waals surface area contributed by atoms with Crippen LogP contribution in [0, 0.1) is 0 Å². The minimum atomic E-state index is -1.11. The molecule has 0 aliphatic carbocycles. The fourth-order valence-electron chi connectivity index (χ4n) is 2.15. The third-order valence-electron chi connectivity index (χ3n) is 3.14. The topological polar surface area (TPSA) is 46.5 Å². The Morgan fingerprint density at radius 2 is 1.71 bits per heavy atom. The maximum atomic E-state index is 11.3. The van der Waals surface area contributed by atoms with Crippen LogP contribution >= 0.6 is 11.6 Å². The zero-order chi connectivity index (χ0) is 14.8.